The molecule has 0 atom stereocenters. The van der Waals surface area contributed by atoms with Gasteiger partial charge >= 0.3 is 0 Å². The fraction of sp³-hybridized carbons (Fsp3) is 0.200. The zero-order valence-electron chi connectivity index (χ0n) is 13.6. The SMILES string of the molecule is COc1ccc2cc3c(c(-c4ccc(O)cc4)c2c1OC)COC3. The summed E-state index contributed by atoms with van der Waals surface area (Å²) < 4.78 is 16.8. The van der Waals surface area contributed by atoms with Gasteiger partial charge in [-0.25, -0.2) is 0 Å². The average molecular weight is 322 g/mol. The molecular weight excluding hydrogens is 304 g/mol. The van der Waals surface area contributed by atoms with Gasteiger partial charge in [0, 0.05) is 5.39 Å². The van der Waals surface area contributed by atoms with E-state index in [1.54, 1.807) is 26.4 Å². The van der Waals surface area contributed by atoms with Crippen molar-refractivity contribution < 1.29 is 19.3 Å². The van der Waals surface area contributed by atoms with Crippen molar-refractivity contribution in [1.82, 2.24) is 0 Å². The molecule has 1 aliphatic rings. The molecule has 0 aromatic heterocycles. The highest BCUT2D eigenvalue weighted by Crippen LogP contribution is 2.45. The Morgan fingerprint density at radius 2 is 1.75 bits per heavy atom. The highest BCUT2D eigenvalue weighted by atomic mass is 16.5. The monoisotopic (exact) mass is 322 g/mol. The van der Waals surface area contributed by atoms with Crippen LogP contribution >= 0.6 is 0 Å². The quantitative estimate of drug-likeness (QED) is 0.783. The van der Waals surface area contributed by atoms with Crippen LogP contribution in [0.4, 0.5) is 0 Å². The number of ether oxygens (including phenoxy) is 3. The third-order valence-corrected chi connectivity index (χ3v) is 4.51. The molecular formula is C20H18O4. The number of hydrogen-bond donors (Lipinski definition) is 1. The largest absolute Gasteiger partial charge is 0.508 e. The van der Waals surface area contributed by atoms with Crippen LogP contribution in [0.3, 0.4) is 0 Å². The zero-order valence-corrected chi connectivity index (χ0v) is 13.6. The second-order valence-electron chi connectivity index (χ2n) is 5.83. The molecule has 4 heteroatoms. The minimum atomic E-state index is 0.247. The number of rotatable bonds is 3. The lowest BCUT2D eigenvalue weighted by Gasteiger charge is -2.17. The maximum Gasteiger partial charge on any atom is 0.169 e. The summed E-state index contributed by atoms with van der Waals surface area (Å²) in [5.41, 5.74) is 4.46. The molecule has 0 saturated carbocycles. The van der Waals surface area contributed by atoms with E-state index in [4.69, 9.17) is 14.2 Å². The predicted octanol–water partition coefficient (Wildman–Crippen LogP) is 4.26. The molecule has 3 aromatic carbocycles. The molecule has 0 fully saturated rings. The van der Waals surface area contributed by atoms with Crippen molar-refractivity contribution >= 4 is 10.8 Å². The molecule has 0 radical (unpaired) electrons. The van der Waals surface area contributed by atoms with Crippen molar-refractivity contribution in [3.8, 4) is 28.4 Å². The molecule has 0 saturated heterocycles. The fourth-order valence-corrected chi connectivity index (χ4v) is 3.41. The van der Waals surface area contributed by atoms with Crippen molar-refractivity contribution in [3.63, 3.8) is 0 Å². The average Bonchev–Trinajstić information content (AvgIpc) is 3.07. The summed E-state index contributed by atoms with van der Waals surface area (Å²) in [6.45, 7) is 1.19. The molecule has 0 bridgehead atoms. The Bertz CT molecular complexity index is 913. The summed E-state index contributed by atoms with van der Waals surface area (Å²) >= 11 is 0. The molecule has 122 valence electrons. The van der Waals surface area contributed by atoms with Crippen LogP contribution in [-0.2, 0) is 18.0 Å². The van der Waals surface area contributed by atoms with Gasteiger partial charge in [-0.05, 0) is 51.9 Å². The first-order chi connectivity index (χ1) is 11.7. The van der Waals surface area contributed by atoms with Crippen molar-refractivity contribution in [2.45, 2.75) is 13.2 Å². The van der Waals surface area contributed by atoms with Crippen LogP contribution in [0.2, 0.25) is 0 Å². The van der Waals surface area contributed by atoms with Gasteiger partial charge in [-0.3, -0.25) is 0 Å². The lowest BCUT2D eigenvalue weighted by Crippen LogP contribution is -1.97. The molecule has 0 spiro atoms. The number of hydrogen-bond acceptors (Lipinski definition) is 4. The van der Waals surface area contributed by atoms with E-state index in [0.717, 1.165) is 21.9 Å². The number of aromatic hydroxyl groups is 1. The third-order valence-electron chi connectivity index (χ3n) is 4.51. The maximum atomic E-state index is 9.62. The molecule has 0 amide bonds. The molecule has 24 heavy (non-hydrogen) atoms. The van der Waals surface area contributed by atoms with Gasteiger partial charge in [-0.2, -0.15) is 0 Å². The van der Waals surface area contributed by atoms with Gasteiger partial charge < -0.3 is 19.3 Å². The van der Waals surface area contributed by atoms with E-state index in [2.05, 4.69) is 6.07 Å². The van der Waals surface area contributed by atoms with Gasteiger partial charge in [0.2, 0.25) is 0 Å². The minimum absolute atomic E-state index is 0.247. The van der Waals surface area contributed by atoms with Gasteiger partial charge in [-0.15, -0.1) is 0 Å². The zero-order chi connectivity index (χ0) is 16.7. The van der Waals surface area contributed by atoms with E-state index >= 15 is 0 Å². The Kier molecular flexibility index (Phi) is 3.54. The second-order valence-corrected chi connectivity index (χ2v) is 5.83. The van der Waals surface area contributed by atoms with Crippen LogP contribution < -0.4 is 9.47 Å². The lowest BCUT2D eigenvalue weighted by atomic mass is 9.90. The van der Waals surface area contributed by atoms with Gasteiger partial charge in [0.15, 0.2) is 11.5 Å². The predicted molar refractivity (Wildman–Crippen MR) is 92.6 cm³/mol. The molecule has 0 unspecified atom stereocenters. The summed E-state index contributed by atoms with van der Waals surface area (Å²) in [6.07, 6.45) is 0. The Balaban J connectivity index is 2.13. The number of phenols is 1. The summed E-state index contributed by atoms with van der Waals surface area (Å²) in [6, 6.07) is 13.3. The Morgan fingerprint density at radius 3 is 2.46 bits per heavy atom. The van der Waals surface area contributed by atoms with Gasteiger partial charge in [0.05, 0.1) is 27.4 Å². The second kappa shape index (κ2) is 5.73. The lowest BCUT2D eigenvalue weighted by molar-refractivity contribution is 0.134. The first kappa shape index (κ1) is 14.8. The summed E-state index contributed by atoms with van der Waals surface area (Å²) in [4.78, 5) is 0. The van der Waals surface area contributed by atoms with Gasteiger partial charge in [0.25, 0.3) is 0 Å². The highest BCUT2D eigenvalue weighted by molar-refractivity contribution is 6.04. The molecule has 0 aliphatic carbocycles. The normalized spacial score (nSPS) is 13.1. The minimum Gasteiger partial charge on any atom is -0.508 e. The highest BCUT2D eigenvalue weighted by Gasteiger charge is 2.23. The van der Waals surface area contributed by atoms with E-state index in [1.807, 2.05) is 24.3 Å². The number of fused-ring (bicyclic) bond motifs is 2. The van der Waals surface area contributed by atoms with E-state index in [1.165, 1.54) is 11.1 Å². The van der Waals surface area contributed by atoms with Crippen molar-refractivity contribution in [3.05, 3.63) is 53.6 Å². The molecule has 4 rings (SSSR count). The van der Waals surface area contributed by atoms with Crippen LogP contribution in [-0.4, -0.2) is 19.3 Å². The first-order valence-electron chi connectivity index (χ1n) is 7.79. The summed E-state index contributed by atoms with van der Waals surface area (Å²) in [7, 11) is 3.29. The standard InChI is InChI=1S/C20H18O4/c1-22-17-8-5-13-9-14-10-24-11-16(14)18(19(13)20(17)23-2)12-3-6-15(21)7-4-12/h3-9,21H,10-11H2,1-2H3. The smallest absolute Gasteiger partial charge is 0.169 e. The van der Waals surface area contributed by atoms with E-state index in [0.29, 0.717) is 24.7 Å². The first-order valence-corrected chi connectivity index (χ1v) is 7.79. The number of methoxy groups -OCH3 is 2. The maximum absolute atomic E-state index is 9.62. The molecule has 1 N–H and O–H groups in total. The molecule has 1 heterocycles. The third kappa shape index (κ3) is 2.19. The molecule has 1 aliphatic heterocycles. The molecule has 4 nitrogen and oxygen atoms in total. The fourth-order valence-electron chi connectivity index (χ4n) is 3.41. The Labute approximate surface area is 140 Å². The molecule has 3 aromatic rings. The van der Waals surface area contributed by atoms with E-state index < -0.39 is 0 Å². The van der Waals surface area contributed by atoms with Crippen molar-refractivity contribution in [1.29, 1.82) is 0 Å². The van der Waals surface area contributed by atoms with E-state index in [9.17, 15) is 5.11 Å². The number of benzene rings is 3. The van der Waals surface area contributed by atoms with E-state index in [-0.39, 0.29) is 5.75 Å². The van der Waals surface area contributed by atoms with Gasteiger partial charge in [-0.1, -0.05) is 18.2 Å². The van der Waals surface area contributed by atoms with Crippen LogP contribution in [0.15, 0.2) is 42.5 Å². The van der Waals surface area contributed by atoms with Crippen LogP contribution in [0.1, 0.15) is 11.1 Å². The Morgan fingerprint density at radius 1 is 0.958 bits per heavy atom. The topological polar surface area (TPSA) is 47.9 Å². The van der Waals surface area contributed by atoms with Crippen LogP contribution in [0.5, 0.6) is 17.2 Å². The summed E-state index contributed by atoms with van der Waals surface area (Å²) in [5, 5.41) is 11.7. The summed E-state index contributed by atoms with van der Waals surface area (Å²) in [5.74, 6) is 1.66. The van der Waals surface area contributed by atoms with Gasteiger partial charge in [0.1, 0.15) is 5.75 Å². The number of phenolic OH excluding ortho intramolecular Hbond substituents is 1. The van der Waals surface area contributed by atoms with Crippen LogP contribution in [0, 0.1) is 0 Å². The Hall–Kier alpha value is -2.72. The van der Waals surface area contributed by atoms with Crippen LogP contribution in [0.25, 0.3) is 21.9 Å². The van der Waals surface area contributed by atoms with Crippen molar-refractivity contribution in [2.75, 3.05) is 14.2 Å². The van der Waals surface area contributed by atoms with Crippen molar-refractivity contribution in [2.24, 2.45) is 0 Å².